The molecular weight excluding hydrogens is 236 g/mol. The zero-order valence-electron chi connectivity index (χ0n) is 8.18. The summed E-state index contributed by atoms with van der Waals surface area (Å²) in [6, 6.07) is 2.32. The number of nitrogens with two attached hydrogens (primary N) is 1. The Morgan fingerprint density at radius 2 is 2.00 bits per heavy atom. The average Bonchev–Trinajstić information content (AvgIpc) is 2.67. The van der Waals surface area contributed by atoms with Crippen LogP contribution in [-0.4, -0.2) is 10.1 Å². The first kappa shape index (κ1) is 11.0. The second kappa shape index (κ2) is 3.81. The van der Waals surface area contributed by atoms with E-state index in [1.807, 2.05) is 0 Å². The molecule has 2 aromatic rings. The van der Waals surface area contributed by atoms with Crippen LogP contribution in [-0.2, 0) is 0 Å². The maximum Gasteiger partial charge on any atom is 0.307 e. The minimum Gasteiger partial charge on any atom is -0.381 e. The molecule has 1 aromatic carbocycles. The summed E-state index contributed by atoms with van der Waals surface area (Å²) >= 11 is 0. The smallest absolute Gasteiger partial charge is 0.307 e. The zero-order valence-corrected chi connectivity index (χ0v) is 8.18. The molecule has 0 spiro atoms. The number of hydrogen-bond acceptors (Lipinski definition) is 5. The molecule has 0 aliphatic rings. The predicted molar refractivity (Wildman–Crippen MR) is 52.9 cm³/mol. The Balaban J connectivity index is 2.57. The second-order valence-electron chi connectivity index (χ2n) is 3.16. The van der Waals surface area contributed by atoms with Crippen molar-refractivity contribution < 1.29 is 18.2 Å². The molecule has 2 N–H and O–H groups in total. The predicted octanol–water partition coefficient (Wildman–Crippen LogP) is 2.11. The van der Waals surface area contributed by atoms with Gasteiger partial charge in [-0.1, -0.05) is 5.16 Å². The standard InChI is InChI=1S/C9H5F2N3O3/c10-5-2-7(14(15)16)6(11)1-4(5)8-3-9(12)13-17-8/h1-3H,(H2,12,13). The topological polar surface area (TPSA) is 95.2 Å². The van der Waals surface area contributed by atoms with Gasteiger partial charge in [0.25, 0.3) is 0 Å². The summed E-state index contributed by atoms with van der Waals surface area (Å²) in [7, 11) is 0. The van der Waals surface area contributed by atoms with Crippen molar-refractivity contribution in [3.63, 3.8) is 0 Å². The van der Waals surface area contributed by atoms with Crippen LogP contribution in [0.5, 0.6) is 0 Å². The highest BCUT2D eigenvalue weighted by Crippen LogP contribution is 2.29. The van der Waals surface area contributed by atoms with Gasteiger partial charge in [0, 0.05) is 6.07 Å². The Hall–Kier alpha value is -2.51. The van der Waals surface area contributed by atoms with Gasteiger partial charge < -0.3 is 10.3 Å². The number of hydrogen-bond donors (Lipinski definition) is 1. The molecule has 0 saturated heterocycles. The van der Waals surface area contributed by atoms with E-state index in [0.717, 1.165) is 0 Å². The monoisotopic (exact) mass is 241 g/mol. The van der Waals surface area contributed by atoms with Crippen molar-refractivity contribution in [3.8, 4) is 11.3 Å². The average molecular weight is 241 g/mol. The molecule has 1 heterocycles. The summed E-state index contributed by atoms with van der Waals surface area (Å²) in [6.45, 7) is 0. The first-order valence-corrected chi connectivity index (χ1v) is 4.35. The number of nitro benzene ring substituents is 1. The van der Waals surface area contributed by atoms with E-state index in [4.69, 9.17) is 5.73 Å². The number of aromatic nitrogens is 1. The molecule has 0 radical (unpaired) electrons. The molecule has 6 nitrogen and oxygen atoms in total. The third-order valence-corrected chi connectivity index (χ3v) is 2.03. The van der Waals surface area contributed by atoms with E-state index in [0.29, 0.717) is 12.1 Å². The molecule has 1 aromatic heterocycles. The molecular formula is C9H5F2N3O3. The van der Waals surface area contributed by atoms with Crippen LogP contribution >= 0.6 is 0 Å². The van der Waals surface area contributed by atoms with Gasteiger partial charge in [-0.2, -0.15) is 4.39 Å². The third-order valence-electron chi connectivity index (χ3n) is 2.03. The van der Waals surface area contributed by atoms with Gasteiger partial charge in [-0.3, -0.25) is 10.1 Å². The quantitative estimate of drug-likeness (QED) is 0.641. The van der Waals surface area contributed by atoms with Crippen LogP contribution in [0.25, 0.3) is 11.3 Å². The molecule has 0 unspecified atom stereocenters. The van der Waals surface area contributed by atoms with Crippen LogP contribution < -0.4 is 5.73 Å². The van der Waals surface area contributed by atoms with Crippen LogP contribution in [0.3, 0.4) is 0 Å². The van der Waals surface area contributed by atoms with Crippen molar-refractivity contribution in [1.29, 1.82) is 0 Å². The van der Waals surface area contributed by atoms with Crippen molar-refractivity contribution in [2.24, 2.45) is 0 Å². The van der Waals surface area contributed by atoms with Gasteiger partial charge in [-0.15, -0.1) is 0 Å². The maximum absolute atomic E-state index is 13.5. The number of nitrogens with zero attached hydrogens (tertiary/aromatic N) is 2. The fraction of sp³-hybridized carbons (Fsp3) is 0. The van der Waals surface area contributed by atoms with Crippen LogP contribution in [0.1, 0.15) is 0 Å². The van der Waals surface area contributed by atoms with Gasteiger partial charge in [0.2, 0.25) is 5.82 Å². The van der Waals surface area contributed by atoms with E-state index in [9.17, 15) is 18.9 Å². The highest BCUT2D eigenvalue weighted by atomic mass is 19.1. The summed E-state index contributed by atoms with van der Waals surface area (Å²) in [5, 5.41) is 13.7. The maximum atomic E-state index is 13.5. The Bertz CT molecular complexity index is 597. The van der Waals surface area contributed by atoms with Gasteiger partial charge in [0.15, 0.2) is 11.6 Å². The first-order valence-electron chi connectivity index (χ1n) is 4.35. The van der Waals surface area contributed by atoms with E-state index in [2.05, 4.69) is 9.68 Å². The Morgan fingerprint density at radius 1 is 1.29 bits per heavy atom. The summed E-state index contributed by atoms with van der Waals surface area (Å²) in [5.74, 6) is -2.26. The van der Waals surface area contributed by atoms with Gasteiger partial charge in [0.1, 0.15) is 5.82 Å². The zero-order chi connectivity index (χ0) is 12.6. The number of rotatable bonds is 2. The lowest BCUT2D eigenvalue weighted by Gasteiger charge is -1.99. The van der Waals surface area contributed by atoms with E-state index in [1.54, 1.807) is 0 Å². The normalized spacial score (nSPS) is 10.5. The van der Waals surface area contributed by atoms with E-state index >= 15 is 0 Å². The van der Waals surface area contributed by atoms with Gasteiger partial charge >= 0.3 is 5.69 Å². The Labute approximate surface area is 92.8 Å². The highest BCUT2D eigenvalue weighted by molar-refractivity contribution is 5.62. The summed E-state index contributed by atoms with van der Waals surface area (Å²) < 4.78 is 31.4. The molecule has 0 amide bonds. The first-order chi connectivity index (χ1) is 7.99. The molecule has 8 heteroatoms. The number of benzene rings is 1. The fourth-order valence-electron chi connectivity index (χ4n) is 1.28. The Morgan fingerprint density at radius 3 is 2.53 bits per heavy atom. The van der Waals surface area contributed by atoms with Crippen LogP contribution in [0.2, 0.25) is 0 Å². The lowest BCUT2D eigenvalue weighted by atomic mass is 10.1. The van der Waals surface area contributed by atoms with E-state index < -0.39 is 22.2 Å². The van der Waals surface area contributed by atoms with Gasteiger partial charge in [-0.05, 0) is 6.07 Å². The van der Waals surface area contributed by atoms with Crippen molar-refractivity contribution in [1.82, 2.24) is 5.16 Å². The summed E-state index contributed by atoms with van der Waals surface area (Å²) in [6.07, 6.45) is 0. The lowest BCUT2D eigenvalue weighted by molar-refractivity contribution is -0.387. The van der Waals surface area contributed by atoms with Crippen molar-refractivity contribution in [3.05, 3.63) is 39.9 Å². The van der Waals surface area contributed by atoms with E-state index in [1.165, 1.54) is 6.07 Å². The summed E-state index contributed by atoms with van der Waals surface area (Å²) in [4.78, 5) is 9.35. The number of nitro groups is 1. The minimum absolute atomic E-state index is 0.00170. The summed E-state index contributed by atoms with van der Waals surface area (Å²) in [5.41, 5.74) is 4.03. The van der Waals surface area contributed by atoms with Gasteiger partial charge in [0.05, 0.1) is 16.6 Å². The third kappa shape index (κ3) is 1.92. The van der Waals surface area contributed by atoms with Crippen LogP contribution in [0.4, 0.5) is 20.3 Å². The van der Waals surface area contributed by atoms with Crippen molar-refractivity contribution in [2.45, 2.75) is 0 Å². The van der Waals surface area contributed by atoms with Crippen LogP contribution in [0.15, 0.2) is 22.7 Å². The molecule has 17 heavy (non-hydrogen) atoms. The largest absolute Gasteiger partial charge is 0.381 e. The molecule has 2 rings (SSSR count). The van der Waals surface area contributed by atoms with Crippen molar-refractivity contribution >= 4 is 11.5 Å². The molecule has 0 bridgehead atoms. The van der Waals surface area contributed by atoms with Gasteiger partial charge in [-0.25, -0.2) is 4.39 Å². The van der Waals surface area contributed by atoms with Crippen LogP contribution in [0, 0.1) is 21.7 Å². The van der Waals surface area contributed by atoms with E-state index in [-0.39, 0.29) is 17.1 Å². The SMILES string of the molecule is Nc1cc(-c2cc(F)c([N+](=O)[O-])cc2F)on1. The number of anilines is 1. The second-order valence-corrected chi connectivity index (χ2v) is 3.16. The molecule has 0 aliphatic heterocycles. The number of halogens is 2. The fourth-order valence-corrected chi connectivity index (χ4v) is 1.28. The Kier molecular flexibility index (Phi) is 2.47. The minimum atomic E-state index is -1.17. The molecule has 0 atom stereocenters. The molecule has 0 aliphatic carbocycles. The lowest BCUT2D eigenvalue weighted by Crippen LogP contribution is -1.95. The highest BCUT2D eigenvalue weighted by Gasteiger charge is 2.21. The molecule has 0 fully saturated rings. The number of nitrogen functional groups attached to an aromatic ring is 1. The van der Waals surface area contributed by atoms with Crippen molar-refractivity contribution in [2.75, 3.05) is 5.73 Å². The molecule has 88 valence electrons. The molecule has 0 saturated carbocycles.